The summed E-state index contributed by atoms with van der Waals surface area (Å²) in [5.41, 5.74) is 2.04. The average molecular weight is 506 g/mol. The van der Waals surface area contributed by atoms with Gasteiger partial charge in [-0.25, -0.2) is 0 Å². The lowest BCUT2D eigenvalue weighted by Crippen LogP contribution is -2.46. The predicted molar refractivity (Wildman–Crippen MR) is 146 cm³/mol. The number of carbonyl (C=O) groups is 3. The van der Waals surface area contributed by atoms with Gasteiger partial charge in [0.05, 0.1) is 6.61 Å². The molecule has 0 aromatic rings. The van der Waals surface area contributed by atoms with Gasteiger partial charge in [-0.05, 0) is 74.3 Å². The van der Waals surface area contributed by atoms with E-state index in [0.717, 1.165) is 49.7 Å². The van der Waals surface area contributed by atoms with Crippen LogP contribution in [-0.2, 0) is 19.1 Å². The fourth-order valence-corrected chi connectivity index (χ4v) is 6.11. The highest BCUT2D eigenvalue weighted by Crippen LogP contribution is 2.35. The van der Waals surface area contributed by atoms with Crippen LogP contribution in [0, 0.1) is 10.8 Å². The Balaban J connectivity index is 1.92. The summed E-state index contributed by atoms with van der Waals surface area (Å²) >= 11 is 1.61. The van der Waals surface area contributed by atoms with Crippen LogP contribution in [0.5, 0.6) is 0 Å². The van der Waals surface area contributed by atoms with Crippen molar-refractivity contribution < 1.29 is 19.1 Å². The summed E-state index contributed by atoms with van der Waals surface area (Å²) in [5.74, 6) is 0.593. The van der Waals surface area contributed by atoms with Crippen LogP contribution in [0.2, 0.25) is 0 Å². The Morgan fingerprint density at radius 1 is 0.943 bits per heavy atom. The van der Waals surface area contributed by atoms with Crippen molar-refractivity contribution in [3.63, 3.8) is 0 Å². The number of ketones is 2. The Bertz CT molecular complexity index is 827. The molecule has 0 spiro atoms. The van der Waals surface area contributed by atoms with Gasteiger partial charge in [0, 0.05) is 29.9 Å². The maximum absolute atomic E-state index is 12.9. The molecule has 2 aliphatic rings. The molecule has 0 radical (unpaired) electrons. The zero-order valence-electron chi connectivity index (χ0n) is 23.0. The second-order valence-corrected chi connectivity index (χ2v) is 13.3. The molecule has 2 aliphatic carbocycles. The largest absolute Gasteiger partial charge is 0.465 e. The van der Waals surface area contributed by atoms with Gasteiger partial charge in [0.2, 0.25) is 0 Å². The predicted octanol–water partition coefficient (Wildman–Crippen LogP) is 6.21. The number of allylic oxidation sites excluding steroid dienone is 4. The third kappa shape index (κ3) is 10.2. The van der Waals surface area contributed by atoms with E-state index < -0.39 is 6.04 Å². The molecule has 0 saturated heterocycles. The van der Waals surface area contributed by atoms with Crippen LogP contribution in [0.25, 0.3) is 0 Å². The van der Waals surface area contributed by atoms with Crippen molar-refractivity contribution in [2.24, 2.45) is 10.8 Å². The second-order valence-electron chi connectivity index (χ2n) is 11.8. The van der Waals surface area contributed by atoms with Crippen LogP contribution in [-0.4, -0.2) is 47.2 Å². The lowest BCUT2D eigenvalue weighted by atomic mass is 9.78. The molecular weight excluding hydrogens is 458 g/mol. The number of carbonyl (C=O) groups excluding carboxylic acids is 3. The Morgan fingerprint density at radius 2 is 1.46 bits per heavy atom. The first kappa shape index (κ1) is 29.8. The zero-order valence-corrected chi connectivity index (χ0v) is 23.8. The lowest BCUT2D eigenvalue weighted by molar-refractivity contribution is -0.145. The van der Waals surface area contributed by atoms with E-state index in [1.54, 1.807) is 18.7 Å². The molecule has 0 bridgehead atoms. The molecule has 3 atom stereocenters. The first-order valence-corrected chi connectivity index (χ1v) is 14.4. The van der Waals surface area contributed by atoms with Crippen molar-refractivity contribution in [2.45, 2.75) is 117 Å². The summed E-state index contributed by atoms with van der Waals surface area (Å²) in [7, 11) is 0. The summed E-state index contributed by atoms with van der Waals surface area (Å²) in [6.07, 6.45) is 11.2. The van der Waals surface area contributed by atoms with E-state index in [2.05, 4.69) is 45.2 Å². The molecule has 0 aromatic carbocycles. The summed E-state index contributed by atoms with van der Waals surface area (Å²) in [6.45, 7) is 14.8. The minimum absolute atomic E-state index is 0.0705. The fraction of sp³-hybridized carbons (Fsp3) is 0.759. The normalized spacial score (nSPS) is 21.8. The van der Waals surface area contributed by atoms with Gasteiger partial charge in [0.15, 0.2) is 11.6 Å². The first-order valence-electron chi connectivity index (χ1n) is 13.4. The number of nitrogens with one attached hydrogen (secondary N) is 1. The lowest BCUT2D eigenvalue weighted by Gasteiger charge is -2.28. The quantitative estimate of drug-likeness (QED) is 0.300. The molecule has 0 aromatic heterocycles. The number of esters is 1. The highest BCUT2D eigenvalue weighted by molar-refractivity contribution is 7.99. The summed E-state index contributed by atoms with van der Waals surface area (Å²) in [6, 6.07) is -0.653. The van der Waals surface area contributed by atoms with E-state index in [1.807, 2.05) is 13.8 Å². The van der Waals surface area contributed by atoms with Gasteiger partial charge in [0.1, 0.15) is 6.04 Å². The van der Waals surface area contributed by atoms with Crippen LogP contribution in [0.4, 0.5) is 0 Å². The van der Waals surface area contributed by atoms with Crippen molar-refractivity contribution in [1.82, 2.24) is 5.32 Å². The Kier molecular flexibility index (Phi) is 11.3. The van der Waals surface area contributed by atoms with Crippen LogP contribution in [0.3, 0.4) is 0 Å². The highest BCUT2D eigenvalue weighted by atomic mass is 32.2. The van der Waals surface area contributed by atoms with Gasteiger partial charge >= 0.3 is 5.97 Å². The Hall–Kier alpha value is -1.40. The van der Waals surface area contributed by atoms with Gasteiger partial charge < -0.3 is 10.1 Å². The SMILES string of the molecule is CCOC(=O)C(CSC(C)CC(=O)C1=CC(C)(C)CCC1)NC(C)CC(=O)C1=CC(C)(C)CCC1. The maximum atomic E-state index is 12.9. The zero-order chi connectivity index (χ0) is 26.2. The standard InChI is InChI=1S/C29H47NO4S/c1-8-34-27(33)24(30-20(2)15-25(31)22-11-9-13-28(4,5)17-22)19-35-21(3)16-26(32)23-12-10-14-29(6,7)18-23/h17-18,20-21,24,30H,8-16,19H2,1-7H3. The third-order valence-electron chi connectivity index (χ3n) is 6.95. The molecule has 198 valence electrons. The topological polar surface area (TPSA) is 72.5 Å². The van der Waals surface area contributed by atoms with Crippen LogP contribution in [0.15, 0.2) is 23.3 Å². The summed E-state index contributed by atoms with van der Waals surface area (Å²) in [4.78, 5) is 38.4. The van der Waals surface area contributed by atoms with Crippen molar-refractivity contribution in [1.29, 1.82) is 0 Å². The number of ether oxygens (including phenoxy) is 1. The number of rotatable bonds is 13. The van der Waals surface area contributed by atoms with E-state index in [1.165, 1.54) is 0 Å². The third-order valence-corrected chi connectivity index (χ3v) is 8.21. The second kappa shape index (κ2) is 13.2. The molecule has 1 N–H and O–H groups in total. The number of Topliss-reactive ketones (excluding diaryl/α,β-unsaturated/α-hetero) is 2. The molecule has 35 heavy (non-hydrogen) atoms. The summed E-state index contributed by atoms with van der Waals surface area (Å²) in [5, 5.41) is 3.43. The number of thioether (sulfide) groups is 1. The van der Waals surface area contributed by atoms with Crippen LogP contribution in [0.1, 0.15) is 99.8 Å². The smallest absolute Gasteiger partial charge is 0.323 e. The molecule has 5 nitrogen and oxygen atoms in total. The van der Waals surface area contributed by atoms with E-state index in [-0.39, 0.29) is 39.7 Å². The van der Waals surface area contributed by atoms with E-state index in [9.17, 15) is 14.4 Å². The van der Waals surface area contributed by atoms with Gasteiger partial charge in [0.25, 0.3) is 0 Å². The molecule has 6 heteroatoms. The molecule has 0 heterocycles. The minimum atomic E-state index is -0.509. The molecule has 0 fully saturated rings. The van der Waals surface area contributed by atoms with E-state index in [0.29, 0.717) is 25.2 Å². The van der Waals surface area contributed by atoms with E-state index >= 15 is 0 Å². The maximum Gasteiger partial charge on any atom is 0.323 e. The monoisotopic (exact) mass is 505 g/mol. The van der Waals surface area contributed by atoms with Crippen molar-refractivity contribution >= 4 is 29.3 Å². The fourth-order valence-electron chi connectivity index (χ4n) is 5.09. The first-order chi connectivity index (χ1) is 16.3. The van der Waals surface area contributed by atoms with Crippen molar-refractivity contribution in [2.75, 3.05) is 12.4 Å². The van der Waals surface area contributed by atoms with Crippen molar-refractivity contribution in [3.8, 4) is 0 Å². The minimum Gasteiger partial charge on any atom is -0.465 e. The van der Waals surface area contributed by atoms with Crippen LogP contribution < -0.4 is 5.32 Å². The van der Waals surface area contributed by atoms with Crippen LogP contribution >= 0.6 is 11.8 Å². The van der Waals surface area contributed by atoms with E-state index in [4.69, 9.17) is 4.74 Å². The number of hydrogen-bond donors (Lipinski definition) is 1. The van der Waals surface area contributed by atoms with Crippen molar-refractivity contribution in [3.05, 3.63) is 23.3 Å². The molecular formula is C29H47NO4S. The molecule has 0 amide bonds. The highest BCUT2D eigenvalue weighted by Gasteiger charge is 2.28. The Labute approximate surface area is 217 Å². The molecule has 2 rings (SSSR count). The van der Waals surface area contributed by atoms with Gasteiger partial charge in [-0.3, -0.25) is 14.4 Å². The van der Waals surface area contributed by atoms with Gasteiger partial charge in [-0.2, -0.15) is 11.8 Å². The molecule has 3 unspecified atom stereocenters. The Morgan fingerprint density at radius 3 is 1.94 bits per heavy atom. The van der Waals surface area contributed by atoms with Gasteiger partial charge in [-0.1, -0.05) is 46.8 Å². The molecule has 0 aliphatic heterocycles. The van der Waals surface area contributed by atoms with Gasteiger partial charge in [-0.15, -0.1) is 0 Å². The number of hydrogen-bond acceptors (Lipinski definition) is 6. The summed E-state index contributed by atoms with van der Waals surface area (Å²) < 4.78 is 5.30. The average Bonchev–Trinajstić information content (AvgIpc) is 2.75. The molecule has 0 saturated carbocycles.